The molecule has 1 aromatic rings. The molecule has 2 rings (SSSR count). The standard InChI is InChI=1S/C8H8BrP/c1-10-7-4-2-3-6(7)5-8(10)9/h2-3,5H,4H2,1H3. The van der Waals surface area contributed by atoms with Crippen LogP contribution >= 0.6 is 23.5 Å². The molecule has 0 N–H and O–H groups in total. The van der Waals surface area contributed by atoms with Crippen molar-refractivity contribution in [2.24, 2.45) is 6.66 Å². The summed E-state index contributed by atoms with van der Waals surface area (Å²) in [7, 11) is 0.0283. The number of rotatable bonds is 0. The Balaban J connectivity index is 2.67. The minimum absolute atomic E-state index is 0.0283. The van der Waals surface area contributed by atoms with E-state index < -0.39 is 0 Å². The Labute approximate surface area is 70.1 Å². The van der Waals surface area contributed by atoms with Gasteiger partial charge >= 0.3 is 0 Å². The molecule has 0 fully saturated rings. The lowest BCUT2D eigenvalue weighted by atomic mass is 10.3. The number of allylic oxidation sites excluding steroid dienone is 1. The van der Waals surface area contributed by atoms with Crippen molar-refractivity contribution in [3.8, 4) is 0 Å². The van der Waals surface area contributed by atoms with Crippen LogP contribution in [0.1, 0.15) is 10.9 Å². The lowest BCUT2D eigenvalue weighted by Gasteiger charge is -1.92. The summed E-state index contributed by atoms with van der Waals surface area (Å²) in [5, 5.41) is 1.64. The first-order valence-corrected chi connectivity index (χ1v) is 5.88. The van der Waals surface area contributed by atoms with Crippen molar-refractivity contribution in [3.05, 3.63) is 27.2 Å². The number of halogens is 1. The molecule has 0 radical (unpaired) electrons. The molecule has 1 aromatic heterocycles. The Morgan fingerprint density at radius 1 is 1.60 bits per heavy atom. The van der Waals surface area contributed by atoms with Crippen molar-refractivity contribution in [3.63, 3.8) is 0 Å². The molecule has 0 aliphatic heterocycles. The predicted molar refractivity (Wildman–Crippen MR) is 50.6 cm³/mol. The monoisotopic (exact) mass is 214 g/mol. The average molecular weight is 215 g/mol. The Kier molecular flexibility index (Phi) is 1.51. The van der Waals surface area contributed by atoms with Gasteiger partial charge in [0.15, 0.2) is 0 Å². The largest absolute Gasteiger partial charge is 0.109 e. The molecule has 0 saturated heterocycles. The van der Waals surface area contributed by atoms with Gasteiger partial charge in [0, 0.05) is 4.20 Å². The van der Waals surface area contributed by atoms with E-state index in [0.717, 1.165) is 0 Å². The number of fused-ring (bicyclic) bond motifs is 1. The molecule has 1 atom stereocenters. The first-order valence-electron chi connectivity index (χ1n) is 3.29. The summed E-state index contributed by atoms with van der Waals surface area (Å²) in [6.45, 7) is 2.31. The Morgan fingerprint density at radius 2 is 2.40 bits per heavy atom. The van der Waals surface area contributed by atoms with Gasteiger partial charge in [0.05, 0.1) is 0 Å². The van der Waals surface area contributed by atoms with Gasteiger partial charge in [-0.2, -0.15) is 0 Å². The maximum Gasteiger partial charge on any atom is 0.0373 e. The van der Waals surface area contributed by atoms with Gasteiger partial charge in [0.25, 0.3) is 0 Å². The number of hydrogen-bond acceptors (Lipinski definition) is 0. The van der Waals surface area contributed by atoms with Crippen LogP contribution in [0.15, 0.2) is 16.3 Å². The lowest BCUT2D eigenvalue weighted by Crippen LogP contribution is -1.67. The van der Waals surface area contributed by atoms with E-state index in [9.17, 15) is 0 Å². The molecule has 1 heterocycles. The van der Waals surface area contributed by atoms with Crippen LogP contribution in [0, 0.1) is 0 Å². The maximum atomic E-state index is 3.57. The van der Waals surface area contributed by atoms with Crippen molar-refractivity contribution in [1.29, 1.82) is 0 Å². The molecule has 0 aromatic carbocycles. The van der Waals surface area contributed by atoms with Crippen LogP contribution in [0.25, 0.3) is 6.08 Å². The normalized spacial score (nSPS) is 16.0. The second-order valence-electron chi connectivity index (χ2n) is 2.53. The van der Waals surface area contributed by atoms with Crippen molar-refractivity contribution in [2.45, 2.75) is 6.42 Å². The summed E-state index contributed by atoms with van der Waals surface area (Å²) in [5.74, 6) is 0. The van der Waals surface area contributed by atoms with Gasteiger partial charge in [0.2, 0.25) is 0 Å². The topological polar surface area (TPSA) is 0 Å². The van der Waals surface area contributed by atoms with Gasteiger partial charge in [0.1, 0.15) is 0 Å². The molecule has 0 amide bonds. The first-order chi connectivity index (χ1) is 4.79. The van der Waals surface area contributed by atoms with Gasteiger partial charge in [-0.25, -0.2) is 0 Å². The Morgan fingerprint density at radius 3 is 3.10 bits per heavy atom. The second-order valence-corrected chi connectivity index (χ2v) is 6.14. The quantitative estimate of drug-likeness (QED) is 0.620. The molecule has 0 saturated carbocycles. The SMILES string of the molecule is Cp1c(Br)cc2c1CC=C2. The summed E-state index contributed by atoms with van der Waals surface area (Å²) in [4.78, 5) is 0. The van der Waals surface area contributed by atoms with E-state index in [1.165, 1.54) is 16.2 Å². The van der Waals surface area contributed by atoms with Gasteiger partial charge < -0.3 is 0 Å². The highest BCUT2D eigenvalue weighted by Gasteiger charge is 2.11. The molecule has 1 unspecified atom stereocenters. The summed E-state index contributed by atoms with van der Waals surface area (Å²) < 4.78 is 1.40. The van der Waals surface area contributed by atoms with Gasteiger partial charge in [-0.15, -0.1) is 7.53 Å². The van der Waals surface area contributed by atoms with E-state index in [1.54, 1.807) is 5.30 Å². The zero-order valence-corrected chi connectivity index (χ0v) is 8.24. The summed E-state index contributed by atoms with van der Waals surface area (Å²) in [5.41, 5.74) is 1.46. The fraction of sp³-hybridized carbons (Fsp3) is 0.250. The first kappa shape index (κ1) is 6.69. The number of hydrogen-bond donors (Lipinski definition) is 0. The van der Waals surface area contributed by atoms with Gasteiger partial charge in [-0.1, -0.05) is 12.2 Å². The maximum absolute atomic E-state index is 3.57. The zero-order chi connectivity index (χ0) is 7.14. The van der Waals surface area contributed by atoms with Crippen LogP contribution < -0.4 is 0 Å². The molecular weight excluding hydrogens is 207 g/mol. The van der Waals surface area contributed by atoms with Crippen molar-refractivity contribution in [1.82, 2.24) is 0 Å². The average Bonchev–Trinajstić information content (AvgIpc) is 2.41. The summed E-state index contributed by atoms with van der Waals surface area (Å²) >= 11 is 3.57. The predicted octanol–water partition coefficient (Wildman–Crippen LogP) is 3.54. The van der Waals surface area contributed by atoms with E-state index in [0.29, 0.717) is 0 Å². The van der Waals surface area contributed by atoms with Crippen molar-refractivity contribution in [2.75, 3.05) is 0 Å². The van der Waals surface area contributed by atoms with Crippen LogP contribution in [0.4, 0.5) is 0 Å². The molecule has 10 heavy (non-hydrogen) atoms. The summed E-state index contributed by atoms with van der Waals surface area (Å²) in [6.07, 6.45) is 5.66. The fourth-order valence-corrected chi connectivity index (χ4v) is 3.71. The third-order valence-electron chi connectivity index (χ3n) is 1.94. The summed E-state index contributed by atoms with van der Waals surface area (Å²) in [6, 6.07) is 2.25. The highest BCUT2D eigenvalue weighted by Crippen LogP contribution is 2.45. The van der Waals surface area contributed by atoms with E-state index >= 15 is 0 Å². The molecule has 0 bridgehead atoms. The lowest BCUT2D eigenvalue weighted by molar-refractivity contribution is 1.39. The van der Waals surface area contributed by atoms with Crippen LogP contribution in [0.3, 0.4) is 0 Å². The molecule has 2 heteroatoms. The third kappa shape index (κ3) is 0.810. The van der Waals surface area contributed by atoms with Gasteiger partial charge in [-0.3, -0.25) is 0 Å². The highest BCUT2D eigenvalue weighted by atomic mass is 79.9. The minimum atomic E-state index is 0.0283. The molecule has 0 spiro atoms. The second kappa shape index (κ2) is 2.25. The molecule has 52 valence electrons. The molecular formula is C8H8BrP. The van der Waals surface area contributed by atoms with Crippen molar-refractivity contribution >= 4 is 29.5 Å². The van der Waals surface area contributed by atoms with E-state index in [2.05, 4.69) is 40.8 Å². The zero-order valence-electron chi connectivity index (χ0n) is 5.76. The van der Waals surface area contributed by atoms with Crippen LogP contribution in [-0.4, -0.2) is 0 Å². The Hall–Kier alpha value is -0.000000000000000111. The van der Waals surface area contributed by atoms with Crippen LogP contribution in [0.5, 0.6) is 0 Å². The molecule has 1 aliphatic carbocycles. The smallest absolute Gasteiger partial charge is 0.0373 e. The highest BCUT2D eigenvalue weighted by molar-refractivity contribution is 9.11. The van der Waals surface area contributed by atoms with Crippen LogP contribution in [-0.2, 0) is 13.1 Å². The molecule has 0 nitrogen and oxygen atoms in total. The molecule has 1 aliphatic rings. The Bertz CT molecular complexity index is 296. The van der Waals surface area contributed by atoms with E-state index in [1.807, 2.05) is 0 Å². The fourth-order valence-electron chi connectivity index (χ4n) is 1.33. The van der Waals surface area contributed by atoms with E-state index in [4.69, 9.17) is 0 Å². The van der Waals surface area contributed by atoms with Crippen molar-refractivity contribution < 1.29 is 0 Å². The third-order valence-corrected chi connectivity index (χ3v) is 5.79. The van der Waals surface area contributed by atoms with Gasteiger partial charge in [-0.05, 0) is 45.9 Å². The minimum Gasteiger partial charge on any atom is -0.109 e. The van der Waals surface area contributed by atoms with E-state index in [-0.39, 0.29) is 7.53 Å². The van der Waals surface area contributed by atoms with Crippen LogP contribution in [0.2, 0.25) is 0 Å².